The maximum Gasteiger partial charge on any atom is 0.192 e. The van der Waals surface area contributed by atoms with Crippen LogP contribution in [0.5, 0.6) is 5.75 Å². The van der Waals surface area contributed by atoms with Gasteiger partial charge in [0.2, 0.25) is 0 Å². The number of fused-ring (bicyclic) bond motifs is 3. The molecule has 0 saturated carbocycles. The highest BCUT2D eigenvalue weighted by molar-refractivity contribution is 6.06. The van der Waals surface area contributed by atoms with E-state index in [0.717, 1.165) is 16.3 Å². The smallest absolute Gasteiger partial charge is 0.192 e. The van der Waals surface area contributed by atoms with Crippen molar-refractivity contribution in [2.45, 2.75) is 6.92 Å². The fraction of sp³-hybridized carbons (Fsp3) is 0.0833. The van der Waals surface area contributed by atoms with E-state index in [2.05, 4.69) is 4.98 Å². The number of benzene rings is 2. The van der Waals surface area contributed by atoms with Gasteiger partial charge in [0, 0.05) is 6.92 Å². The van der Waals surface area contributed by atoms with E-state index in [4.69, 9.17) is 4.42 Å². The molecular formula is C12H9NO2. The fourth-order valence-corrected chi connectivity index (χ4v) is 1.85. The lowest BCUT2D eigenvalue weighted by molar-refractivity contribution is 0.480. The van der Waals surface area contributed by atoms with Crippen LogP contribution in [-0.4, -0.2) is 10.1 Å². The minimum absolute atomic E-state index is 0.231. The van der Waals surface area contributed by atoms with Crippen molar-refractivity contribution in [3.8, 4) is 5.75 Å². The zero-order valence-corrected chi connectivity index (χ0v) is 8.19. The van der Waals surface area contributed by atoms with Crippen molar-refractivity contribution in [2.24, 2.45) is 0 Å². The third kappa shape index (κ3) is 1.09. The normalized spacial score (nSPS) is 11.3. The maximum absolute atomic E-state index is 9.79. The van der Waals surface area contributed by atoms with Gasteiger partial charge in [-0.3, -0.25) is 0 Å². The minimum atomic E-state index is 0.231. The van der Waals surface area contributed by atoms with Crippen LogP contribution in [0.2, 0.25) is 0 Å². The summed E-state index contributed by atoms with van der Waals surface area (Å²) in [5.41, 5.74) is 1.43. The van der Waals surface area contributed by atoms with E-state index in [-0.39, 0.29) is 5.75 Å². The topological polar surface area (TPSA) is 46.3 Å². The highest BCUT2D eigenvalue weighted by Crippen LogP contribution is 2.32. The van der Waals surface area contributed by atoms with E-state index in [0.29, 0.717) is 11.5 Å². The predicted octanol–water partition coefficient (Wildman–Crippen LogP) is 3.00. The summed E-state index contributed by atoms with van der Waals surface area (Å²) in [5.74, 6) is 0.843. The van der Waals surface area contributed by atoms with E-state index in [1.165, 1.54) is 0 Å². The first-order chi connectivity index (χ1) is 7.25. The molecule has 0 aliphatic rings. The number of aromatic nitrogens is 1. The van der Waals surface area contributed by atoms with Gasteiger partial charge in [-0.05, 0) is 17.5 Å². The van der Waals surface area contributed by atoms with E-state index in [1.54, 1.807) is 13.0 Å². The van der Waals surface area contributed by atoms with E-state index in [9.17, 15) is 5.11 Å². The van der Waals surface area contributed by atoms with Gasteiger partial charge in [-0.1, -0.05) is 18.2 Å². The van der Waals surface area contributed by atoms with Crippen molar-refractivity contribution in [3.63, 3.8) is 0 Å². The predicted molar refractivity (Wildman–Crippen MR) is 57.9 cm³/mol. The van der Waals surface area contributed by atoms with Gasteiger partial charge in [-0.25, -0.2) is 4.98 Å². The first-order valence-electron chi connectivity index (χ1n) is 4.73. The quantitative estimate of drug-likeness (QED) is 0.605. The molecule has 3 rings (SSSR count). The number of phenols is 1. The van der Waals surface area contributed by atoms with Crippen LogP contribution in [0, 0.1) is 6.92 Å². The van der Waals surface area contributed by atoms with Crippen LogP contribution < -0.4 is 0 Å². The average Bonchev–Trinajstić information content (AvgIpc) is 2.58. The van der Waals surface area contributed by atoms with Crippen LogP contribution in [0.25, 0.3) is 21.9 Å². The maximum atomic E-state index is 9.79. The number of hydrogen-bond acceptors (Lipinski definition) is 3. The molecule has 0 spiro atoms. The fourth-order valence-electron chi connectivity index (χ4n) is 1.85. The second-order valence-corrected chi connectivity index (χ2v) is 3.52. The number of aryl methyl sites for hydroxylation is 1. The molecular weight excluding hydrogens is 190 g/mol. The average molecular weight is 199 g/mol. The number of rotatable bonds is 0. The number of oxazole rings is 1. The third-order valence-corrected chi connectivity index (χ3v) is 2.48. The van der Waals surface area contributed by atoms with Crippen molar-refractivity contribution >= 4 is 21.9 Å². The zero-order chi connectivity index (χ0) is 10.4. The second kappa shape index (κ2) is 2.73. The number of phenolic OH excluding ortho intramolecular Hbond substituents is 1. The van der Waals surface area contributed by atoms with Crippen molar-refractivity contribution in [2.75, 3.05) is 0 Å². The molecule has 3 nitrogen and oxygen atoms in total. The van der Waals surface area contributed by atoms with Crippen LogP contribution in [-0.2, 0) is 0 Å². The molecule has 0 fully saturated rings. The lowest BCUT2D eigenvalue weighted by atomic mass is 10.1. The zero-order valence-electron chi connectivity index (χ0n) is 8.19. The summed E-state index contributed by atoms with van der Waals surface area (Å²) in [6.45, 7) is 1.80. The van der Waals surface area contributed by atoms with Gasteiger partial charge in [-0.15, -0.1) is 0 Å². The Morgan fingerprint density at radius 2 is 2.07 bits per heavy atom. The summed E-state index contributed by atoms with van der Waals surface area (Å²) in [6, 6.07) is 9.23. The van der Waals surface area contributed by atoms with Crippen molar-refractivity contribution in [1.82, 2.24) is 4.98 Å². The van der Waals surface area contributed by atoms with E-state index >= 15 is 0 Å². The molecule has 3 heteroatoms. The highest BCUT2D eigenvalue weighted by atomic mass is 16.3. The summed E-state index contributed by atoms with van der Waals surface area (Å²) in [7, 11) is 0. The van der Waals surface area contributed by atoms with Gasteiger partial charge in [0.1, 0.15) is 11.3 Å². The van der Waals surface area contributed by atoms with Gasteiger partial charge < -0.3 is 9.52 Å². The molecule has 1 aromatic heterocycles. The minimum Gasteiger partial charge on any atom is -0.507 e. The lowest BCUT2D eigenvalue weighted by Crippen LogP contribution is -1.75. The molecule has 0 bridgehead atoms. The Morgan fingerprint density at radius 3 is 2.93 bits per heavy atom. The Kier molecular flexibility index (Phi) is 1.51. The van der Waals surface area contributed by atoms with Gasteiger partial charge >= 0.3 is 0 Å². The van der Waals surface area contributed by atoms with Gasteiger partial charge in [0.05, 0.1) is 5.39 Å². The molecule has 0 radical (unpaired) electrons. The van der Waals surface area contributed by atoms with Crippen LogP contribution in [0.1, 0.15) is 5.89 Å². The molecule has 1 N–H and O–H groups in total. The molecule has 0 unspecified atom stereocenters. The number of aromatic hydroxyl groups is 1. The van der Waals surface area contributed by atoms with Crippen molar-refractivity contribution in [3.05, 3.63) is 36.2 Å². The summed E-state index contributed by atoms with van der Waals surface area (Å²) < 4.78 is 5.49. The Balaban J connectivity index is 2.62. The molecule has 3 aromatic rings. The van der Waals surface area contributed by atoms with Crippen molar-refractivity contribution in [1.29, 1.82) is 0 Å². The van der Waals surface area contributed by atoms with Gasteiger partial charge in [-0.2, -0.15) is 0 Å². The lowest BCUT2D eigenvalue weighted by Gasteiger charge is -1.99. The molecule has 2 aromatic carbocycles. The molecule has 74 valence electrons. The standard InChI is InChI=1S/C12H9NO2/c1-7-13-9-6-5-8-3-2-4-10(14)11(8)12(9)15-7/h2-6,14H,1H3. The summed E-state index contributed by atoms with van der Waals surface area (Å²) >= 11 is 0. The highest BCUT2D eigenvalue weighted by Gasteiger charge is 2.09. The SMILES string of the molecule is Cc1nc2ccc3cccc(O)c3c2o1. The number of nitrogens with zero attached hydrogens (tertiary/aromatic N) is 1. The van der Waals surface area contributed by atoms with Crippen LogP contribution in [0.4, 0.5) is 0 Å². The number of hydrogen-bond donors (Lipinski definition) is 1. The Bertz CT molecular complexity index is 655. The molecule has 0 aliphatic heterocycles. The molecule has 0 amide bonds. The molecule has 1 heterocycles. The Hall–Kier alpha value is -2.03. The van der Waals surface area contributed by atoms with Crippen LogP contribution in [0.3, 0.4) is 0 Å². The van der Waals surface area contributed by atoms with Crippen LogP contribution in [0.15, 0.2) is 34.7 Å². The van der Waals surface area contributed by atoms with E-state index < -0.39 is 0 Å². The van der Waals surface area contributed by atoms with Crippen molar-refractivity contribution < 1.29 is 9.52 Å². The summed E-state index contributed by atoms with van der Waals surface area (Å²) in [5, 5.41) is 11.5. The summed E-state index contributed by atoms with van der Waals surface area (Å²) in [6.07, 6.45) is 0. The van der Waals surface area contributed by atoms with Crippen LogP contribution >= 0.6 is 0 Å². The molecule has 0 atom stereocenters. The monoisotopic (exact) mass is 199 g/mol. The molecule has 15 heavy (non-hydrogen) atoms. The van der Waals surface area contributed by atoms with Gasteiger partial charge in [0.25, 0.3) is 0 Å². The third-order valence-electron chi connectivity index (χ3n) is 2.48. The van der Waals surface area contributed by atoms with E-state index in [1.807, 2.05) is 24.3 Å². The van der Waals surface area contributed by atoms with Gasteiger partial charge in [0.15, 0.2) is 11.5 Å². The Labute approximate surface area is 86.0 Å². The first-order valence-corrected chi connectivity index (χ1v) is 4.73. The molecule has 0 aliphatic carbocycles. The first kappa shape index (κ1) is 8.29. The second-order valence-electron chi connectivity index (χ2n) is 3.52. The largest absolute Gasteiger partial charge is 0.507 e. The summed E-state index contributed by atoms with van der Waals surface area (Å²) in [4.78, 5) is 4.23. The Morgan fingerprint density at radius 1 is 1.20 bits per heavy atom. The molecule has 0 saturated heterocycles.